The van der Waals surface area contributed by atoms with E-state index in [4.69, 9.17) is 34.8 Å². The maximum atomic E-state index is 12.4. The second kappa shape index (κ2) is 6.50. The van der Waals surface area contributed by atoms with Crippen LogP contribution in [0, 0.1) is 0 Å². The second-order valence-electron chi connectivity index (χ2n) is 4.35. The van der Waals surface area contributed by atoms with Crippen LogP contribution in [0.5, 0.6) is 0 Å². The third-order valence-electron chi connectivity index (χ3n) is 2.69. The molecule has 1 unspecified atom stereocenters. The van der Waals surface area contributed by atoms with Gasteiger partial charge in [0.1, 0.15) is 4.90 Å². The van der Waals surface area contributed by atoms with Crippen LogP contribution < -0.4 is 4.72 Å². The Kier molecular flexibility index (Phi) is 6.00. The highest BCUT2D eigenvalue weighted by atomic mass is 79.9. The number of hydrogen-bond donors (Lipinski definition) is 1. The van der Waals surface area contributed by atoms with E-state index in [1.165, 1.54) is 12.1 Å². The molecule has 0 bridgehead atoms. The molecule has 1 rings (SSSR count). The third kappa shape index (κ3) is 4.22. The van der Waals surface area contributed by atoms with E-state index in [0.717, 1.165) is 0 Å². The molecule has 0 aromatic heterocycles. The molecular formula is C11H13BrCl3NO2S. The molecule has 0 saturated heterocycles. The maximum absolute atomic E-state index is 12.4. The lowest BCUT2D eigenvalue weighted by Gasteiger charge is -2.27. The van der Waals surface area contributed by atoms with Crippen molar-refractivity contribution in [1.29, 1.82) is 0 Å². The fourth-order valence-electron chi connectivity index (χ4n) is 1.36. The first-order valence-electron chi connectivity index (χ1n) is 5.39. The summed E-state index contributed by atoms with van der Waals surface area (Å²) in [5.74, 6) is 0.147. The Hall–Kier alpha value is 0.480. The van der Waals surface area contributed by atoms with Gasteiger partial charge in [0.25, 0.3) is 0 Å². The van der Waals surface area contributed by atoms with E-state index in [0.29, 0.717) is 10.9 Å². The Balaban J connectivity index is 3.29. The van der Waals surface area contributed by atoms with Crippen molar-refractivity contribution in [3.63, 3.8) is 0 Å². The van der Waals surface area contributed by atoms with Gasteiger partial charge in [-0.05, 0) is 25.5 Å². The molecule has 1 aromatic carbocycles. The van der Waals surface area contributed by atoms with Gasteiger partial charge < -0.3 is 0 Å². The van der Waals surface area contributed by atoms with Gasteiger partial charge in [-0.3, -0.25) is 0 Å². The van der Waals surface area contributed by atoms with Gasteiger partial charge in [-0.1, -0.05) is 46.1 Å². The molecule has 1 atom stereocenters. The molecule has 0 fully saturated rings. The summed E-state index contributed by atoms with van der Waals surface area (Å²) < 4.78 is 27.9. The summed E-state index contributed by atoms with van der Waals surface area (Å²) in [6.45, 7) is 3.56. The summed E-state index contributed by atoms with van der Waals surface area (Å²) >= 11 is 20.9. The van der Waals surface area contributed by atoms with Crippen LogP contribution in [-0.2, 0) is 10.0 Å². The smallest absolute Gasteiger partial charge is 0.207 e. The molecule has 3 nitrogen and oxygen atoms in total. The molecule has 1 aromatic rings. The zero-order valence-corrected chi connectivity index (χ0v) is 15.0. The molecule has 0 saturated carbocycles. The lowest BCUT2D eigenvalue weighted by molar-refractivity contribution is 0.444. The minimum Gasteiger partial charge on any atom is -0.207 e. The average Bonchev–Trinajstić information content (AvgIpc) is 2.26. The molecule has 0 amide bonds. The van der Waals surface area contributed by atoms with Gasteiger partial charge in [0, 0.05) is 15.9 Å². The van der Waals surface area contributed by atoms with Crippen molar-refractivity contribution in [2.24, 2.45) is 0 Å². The zero-order chi connectivity index (χ0) is 14.8. The van der Waals surface area contributed by atoms with Gasteiger partial charge in [-0.15, -0.1) is 11.6 Å². The number of alkyl halides is 1. The van der Waals surface area contributed by atoms with Crippen molar-refractivity contribution >= 4 is 60.8 Å². The lowest BCUT2D eigenvalue weighted by Crippen LogP contribution is -2.47. The minimum absolute atomic E-state index is 0.0555. The van der Waals surface area contributed by atoms with Crippen LogP contribution in [0.1, 0.15) is 20.3 Å². The lowest BCUT2D eigenvalue weighted by atomic mass is 10.0. The fourth-order valence-corrected chi connectivity index (χ4v) is 5.11. The Labute approximate surface area is 136 Å². The van der Waals surface area contributed by atoms with Crippen molar-refractivity contribution in [3.8, 4) is 0 Å². The number of halogens is 4. The van der Waals surface area contributed by atoms with E-state index >= 15 is 0 Å². The number of benzene rings is 1. The SMILES string of the molecule is CCC(C)(CCl)NS(=O)(=O)c1c(Cl)cc(Br)cc1Cl. The first kappa shape index (κ1) is 17.5. The molecule has 8 heteroatoms. The van der Waals surface area contributed by atoms with Crippen molar-refractivity contribution in [1.82, 2.24) is 4.72 Å². The molecule has 0 aliphatic carbocycles. The highest BCUT2D eigenvalue weighted by molar-refractivity contribution is 9.10. The summed E-state index contributed by atoms with van der Waals surface area (Å²) in [4.78, 5) is -0.135. The number of rotatable bonds is 5. The Morgan fingerprint density at radius 2 is 1.79 bits per heavy atom. The standard InChI is InChI=1S/C11H13BrCl3NO2S/c1-3-11(2,6-13)16-19(17,18)10-8(14)4-7(12)5-9(10)15/h4-5,16H,3,6H2,1-2H3. The van der Waals surface area contributed by atoms with Gasteiger partial charge in [-0.2, -0.15) is 0 Å². The van der Waals surface area contributed by atoms with Gasteiger partial charge in [0.2, 0.25) is 10.0 Å². The largest absolute Gasteiger partial charge is 0.244 e. The monoisotopic (exact) mass is 407 g/mol. The van der Waals surface area contributed by atoms with E-state index in [-0.39, 0.29) is 20.8 Å². The zero-order valence-electron chi connectivity index (χ0n) is 10.3. The van der Waals surface area contributed by atoms with Crippen molar-refractivity contribution in [2.45, 2.75) is 30.7 Å². The highest BCUT2D eigenvalue weighted by Gasteiger charge is 2.31. The first-order chi connectivity index (χ1) is 8.65. The van der Waals surface area contributed by atoms with Crippen LogP contribution in [0.4, 0.5) is 0 Å². The number of sulfonamides is 1. The summed E-state index contributed by atoms with van der Waals surface area (Å²) in [5, 5.41) is 0.111. The second-order valence-corrected chi connectivity index (χ2v) is 7.97. The maximum Gasteiger partial charge on any atom is 0.244 e. The summed E-state index contributed by atoms with van der Waals surface area (Å²) in [7, 11) is -3.84. The van der Waals surface area contributed by atoms with Crippen LogP contribution in [-0.4, -0.2) is 19.8 Å². The Bertz CT molecular complexity index is 550. The quantitative estimate of drug-likeness (QED) is 0.731. The third-order valence-corrected chi connectivity index (χ3v) is 6.29. The predicted octanol–water partition coefficient (Wildman–Crippen LogP) is 4.44. The topological polar surface area (TPSA) is 46.2 Å². The Morgan fingerprint density at radius 1 is 1.32 bits per heavy atom. The summed E-state index contributed by atoms with van der Waals surface area (Å²) in [6, 6.07) is 2.96. The summed E-state index contributed by atoms with van der Waals surface area (Å²) in [6.07, 6.45) is 0.543. The van der Waals surface area contributed by atoms with E-state index in [2.05, 4.69) is 20.7 Å². The average molecular weight is 410 g/mol. The number of nitrogens with one attached hydrogen (secondary N) is 1. The van der Waals surface area contributed by atoms with Crippen LogP contribution >= 0.6 is 50.7 Å². The van der Waals surface area contributed by atoms with Crippen molar-refractivity contribution < 1.29 is 8.42 Å². The van der Waals surface area contributed by atoms with Gasteiger partial charge in [0.05, 0.1) is 10.0 Å². The molecule has 108 valence electrons. The van der Waals surface area contributed by atoms with E-state index in [1.807, 2.05) is 6.92 Å². The highest BCUT2D eigenvalue weighted by Crippen LogP contribution is 2.33. The summed E-state index contributed by atoms with van der Waals surface area (Å²) in [5.41, 5.74) is -0.750. The molecular weight excluding hydrogens is 396 g/mol. The Morgan fingerprint density at radius 3 is 2.16 bits per heavy atom. The number of hydrogen-bond acceptors (Lipinski definition) is 2. The molecule has 19 heavy (non-hydrogen) atoms. The normalized spacial score (nSPS) is 15.3. The van der Waals surface area contributed by atoms with E-state index in [9.17, 15) is 8.42 Å². The predicted molar refractivity (Wildman–Crippen MR) is 83.9 cm³/mol. The van der Waals surface area contributed by atoms with E-state index < -0.39 is 15.6 Å². The molecule has 0 aliphatic heterocycles. The molecule has 0 heterocycles. The van der Waals surface area contributed by atoms with Crippen LogP contribution in [0.2, 0.25) is 10.0 Å². The van der Waals surface area contributed by atoms with Crippen molar-refractivity contribution in [3.05, 3.63) is 26.7 Å². The van der Waals surface area contributed by atoms with E-state index in [1.54, 1.807) is 6.92 Å². The molecule has 0 spiro atoms. The molecule has 0 radical (unpaired) electrons. The fraction of sp³-hybridized carbons (Fsp3) is 0.455. The van der Waals surface area contributed by atoms with Crippen LogP contribution in [0.3, 0.4) is 0 Å². The molecule has 1 N–H and O–H groups in total. The van der Waals surface area contributed by atoms with Gasteiger partial charge >= 0.3 is 0 Å². The van der Waals surface area contributed by atoms with Gasteiger partial charge in [-0.25, -0.2) is 13.1 Å². The van der Waals surface area contributed by atoms with Crippen molar-refractivity contribution in [2.75, 3.05) is 5.88 Å². The van der Waals surface area contributed by atoms with Crippen LogP contribution in [0.15, 0.2) is 21.5 Å². The van der Waals surface area contributed by atoms with Crippen LogP contribution in [0.25, 0.3) is 0 Å². The first-order valence-corrected chi connectivity index (χ1v) is 8.96. The minimum atomic E-state index is -3.84. The van der Waals surface area contributed by atoms with Gasteiger partial charge in [0.15, 0.2) is 0 Å². The molecule has 0 aliphatic rings.